The van der Waals surface area contributed by atoms with E-state index < -0.39 is 0 Å². The Balaban J connectivity index is 1.44. The minimum absolute atomic E-state index is 0.123. The summed E-state index contributed by atoms with van der Waals surface area (Å²) in [5.41, 5.74) is 0.233. The summed E-state index contributed by atoms with van der Waals surface area (Å²) in [6.07, 6.45) is 11.8. The van der Waals surface area contributed by atoms with Crippen LogP contribution in [0.5, 0.6) is 0 Å². The zero-order valence-electron chi connectivity index (χ0n) is 21.8. The van der Waals surface area contributed by atoms with Crippen molar-refractivity contribution in [3.63, 3.8) is 0 Å². The van der Waals surface area contributed by atoms with E-state index in [1.807, 2.05) is 0 Å². The van der Waals surface area contributed by atoms with Crippen LogP contribution in [-0.4, -0.2) is 11.6 Å². The predicted molar refractivity (Wildman–Crippen MR) is 129 cm³/mol. The molecule has 8 unspecified atom stereocenters. The summed E-state index contributed by atoms with van der Waals surface area (Å²) in [4.78, 5) is 13.6. The Morgan fingerprint density at radius 2 is 1.29 bits per heavy atom. The molecule has 4 rings (SSSR count). The molecule has 4 saturated carbocycles. The monoisotopic (exact) mass is 430 g/mol. The summed E-state index contributed by atoms with van der Waals surface area (Å²) < 4.78 is 6.44. The van der Waals surface area contributed by atoms with Crippen LogP contribution in [0.1, 0.15) is 113 Å². The molecule has 0 aromatic heterocycles. The second-order valence-electron chi connectivity index (χ2n) is 14.6. The van der Waals surface area contributed by atoms with Crippen LogP contribution in [0, 0.1) is 58.2 Å². The maximum absolute atomic E-state index is 13.6. The fourth-order valence-corrected chi connectivity index (χ4v) is 8.98. The number of fused-ring (bicyclic) bond motifs is 3. The predicted octanol–water partition coefficient (Wildman–Crippen LogP) is 7.90. The first kappa shape index (κ1) is 23.6. The van der Waals surface area contributed by atoms with E-state index in [-0.39, 0.29) is 22.9 Å². The summed E-state index contributed by atoms with van der Waals surface area (Å²) in [6, 6.07) is 0. The molecule has 4 fully saturated rings. The van der Waals surface area contributed by atoms with Crippen molar-refractivity contribution in [3.8, 4) is 0 Å². The Labute approximate surface area is 192 Å². The molecule has 178 valence electrons. The third-order valence-electron chi connectivity index (χ3n) is 10.2. The van der Waals surface area contributed by atoms with Crippen LogP contribution in [0.3, 0.4) is 0 Å². The Kier molecular flexibility index (Phi) is 6.13. The Hall–Kier alpha value is -0.530. The van der Waals surface area contributed by atoms with E-state index >= 15 is 0 Å². The Bertz CT molecular complexity index is 663. The van der Waals surface area contributed by atoms with Crippen LogP contribution in [0.4, 0.5) is 0 Å². The van der Waals surface area contributed by atoms with Crippen molar-refractivity contribution in [2.45, 2.75) is 119 Å². The van der Waals surface area contributed by atoms with Gasteiger partial charge in [0.15, 0.2) is 0 Å². The first-order valence-corrected chi connectivity index (χ1v) is 13.5. The van der Waals surface area contributed by atoms with Crippen molar-refractivity contribution in [3.05, 3.63) is 0 Å². The van der Waals surface area contributed by atoms with Crippen molar-refractivity contribution in [2.24, 2.45) is 58.2 Å². The van der Waals surface area contributed by atoms with Gasteiger partial charge in [-0.15, -0.1) is 0 Å². The van der Waals surface area contributed by atoms with Gasteiger partial charge in [0.1, 0.15) is 5.60 Å². The summed E-state index contributed by atoms with van der Waals surface area (Å²) in [6.45, 7) is 18.8. The number of hydrogen-bond acceptors (Lipinski definition) is 2. The average Bonchev–Trinajstić information content (AvgIpc) is 3.25. The van der Waals surface area contributed by atoms with E-state index in [1.54, 1.807) is 0 Å². The van der Waals surface area contributed by atoms with Gasteiger partial charge in [-0.05, 0) is 98.2 Å². The molecule has 0 N–H and O–H groups in total. The summed E-state index contributed by atoms with van der Waals surface area (Å²) >= 11 is 0. The Morgan fingerprint density at radius 1 is 0.677 bits per heavy atom. The maximum atomic E-state index is 13.6. The van der Waals surface area contributed by atoms with Crippen molar-refractivity contribution < 1.29 is 9.53 Å². The lowest BCUT2D eigenvalue weighted by Gasteiger charge is -2.49. The fraction of sp³-hybridized carbons (Fsp3) is 0.966. The molecule has 8 atom stereocenters. The average molecular weight is 431 g/mol. The van der Waals surface area contributed by atoms with E-state index in [2.05, 4.69) is 55.4 Å². The fourth-order valence-electron chi connectivity index (χ4n) is 8.98. The summed E-state index contributed by atoms with van der Waals surface area (Å²) in [5.74, 6) is 5.15. The van der Waals surface area contributed by atoms with Crippen LogP contribution in [0.15, 0.2) is 0 Å². The molecule has 0 heterocycles. The lowest BCUT2D eigenvalue weighted by Crippen LogP contribution is -2.47. The van der Waals surface area contributed by atoms with Crippen LogP contribution in [-0.2, 0) is 9.53 Å². The second-order valence-corrected chi connectivity index (χ2v) is 14.6. The molecule has 4 aliphatic rings. The van der Waals surface area contributed by atoms with Crippen LogP contribution < -0.4 is 0 Å². The van der Waals surface area contributed by atoms with E-state index in [0.717, 1.165) is 24.2 Å². The molecular weight excluding hydrogens is 380 g/mol. The number of ether oxygens (including phenoxy) is 1. The highest BCUT2D eigenvalue weighted by atomic mass is 16.6. The highest BCUT2D eigenvalue weighted by Crippen LogP contribution is 2.64. The minimum atomic E-state index is -0.317. The summed E-state index contributed by atoms with van der Waals surface area (Å²) in [7, 11) is 0. The molecule has 31 heavy (non-hydrogen) atoms. The van der Waals surface area contributed by atoms with E-state index in [1.165, 1.54) is 51.4 Å². The molecular formula is C29H50O2. The standard InChI is InChI=1S/C29H50O2/c1-27(2,3)24-20-16-22(25(24)28(4,5)6)23(17-20)26(30)31-29(7,8)21-14-13-18-11-9-10-12-19(18)15-21/h18-25H,9-17H2,1-8H3. The lowest BCUT2D eigenvalue weighted by atomic mass is 9.57. The Morgan fingerprint density at radius 3 is 1.90 bits per heavy atom. The minimum Gasteiger partial charge on any atom is -0.459 e. The van der Waals surface area contributed by atoms with Gasteiger partial charge in [0.2, 0.25) is 0 Å². The number of rotatable bonds is 3. The molecule has 0 aromatic rings. The SMILES string of the molecule is CC(C)(C)C1C2CC(C(=O)OC(C)(C)C3CCC4CCCCC4C3)C(C2)C1C(C)(C)C. The van der Waals surface area contributed by atoms with Gasteiger partial charge in [0.25, 0.3) is 0 Å². The smallest absolute Gasteiger partial charge is 0.309 e. The lowest BCUT2D eigenvalue weighted by molar-refractivity contribution is -0.174. The van der Waals surface area contributed by atoms with Crippen molar-refractivity contribution in [2.75, 3.05) is 0 Å². The van der Waals surface area contributed by atoms with Crippen molar-refractivity contribution >= 4 is 5.97 Å². The molecule has 4 aliphatic carbocycles. The van der Waals surface area contributed by atoms with E-state index in [9.17, 15) is 4.79 Å². The van der Waals surface area contributed by atoms with Gasteiger partial charge in [-0.25, -0.2) is 0 Å². The van der Waals surface area contributed by atoms with E-state index in [0.29, 0.717) is 29.1 Å². The van der Waals surface area contributed by atoms with Crippen molar-refractivity contribution in [1.29, 1.82) is 0 Å². The van der Waals surface area contributed by atoms with Crippen LogP contribution in [0.2, 0.25) is 0 Å². The molecule has 0 radical (unpaired) electrons. The largest absolute Gasteiger partial charge is 0.459 e. The molecule has 0 saturated heterocycles. The van der Waals surface area contributed by atoms with Gasteiger partial charge in [-0.3, -0.25) is 4.79 Å². The number of carbonyl (C=O) groups excluding carboxylic acids is 1. The van der Waals surface area contributed by atoms with Gasteiger partial charge < -0.3 is 4.74 Å². The number of carbonyl (C=O) groups is 1. The molecule has 2 heteroatoms. The third kappa shape index (κ3) is 4.48. The molecule has 2 nitrogen and oxygen atoms in total. The highest BCUT2D eigenvalue weighted by Gasteiger charge is 2.61. The summed E-state index contributed by atoms with van der Waals surface area (Å²) in [5, 5.41) is 0. The van der Waals surface area contributed by atoms with Crippen LogP contribution >= 0.6 is 0 Å². The zero-order chi connectivity index (χ0) is 22.8. The number of esters is 1. The zero-order valence-corrected chi connectivity index (χ0v) is 21.8. The van der Waals surface area contributed by atoms with Gasteiger partial charge in [0.05, 0.1) is 5.92 Å². The molecule has 0 amide bonds. The van der Waals surface area contributed by atoms with Gasteiger partial charge in [-0.2, -0.15) is 0 Å². The number of hydrogen-bond donors (Lipinski definition) is 0. The van der Waals surface area contributed by atoms with Gasteiger partial charge in [0, 0.05) is 0 Å². The normalized spacial score (nSPS) is 41.2. The molecule has 0 spiro atoms. The molecule has 0 aromatic carbocycles. The van der Waals surface area contributed by atoms with Gasteiger partial charge in [-0.1, -0.05) is 67.2 Å². The second kappa shape index (κ2) is 8.05. The first-order chi connectivity index (χ1) is 14.3. The van der Waals surface area contributed by atoms with Crippen molar-refractivity contribution in [1.82, 2.24) is 0 Å². The topological polar surface area (TPSA) is 26.3 Å². The van der Waals surface area contributed by atoms with E-state index in [4.69, 9.17) is 4.74 Å². The maximum Gasteiger partial charge on any atom is 0.309 e. The first-order valence-electron chi connectivity index (χ1n) is 13.5. The highest BCUT2D eigenvalue weighted by molar-refractivity contribution is 5.74. The third-order valence-corrected chi connectivity index (χ3v) is 10.2. The molecule has 2 bridgehead atoms. The quantitative estimate of drug-likeness (QED) is 0.425. The van der Waals surface area contributed by atoms with Gasteiger partial charge >= 0.3 is 5.97 Å². The molecule has 0 aliphatic heterocycles. The van der Waals surface area contributed by atoms with Crippen LogP contribution in [0.25, 0.3) is 0 Å².